The highest BCUT2D eigenvalue weighted by Gasteiger charge is 2.25. The average molecular weight is 463 g/mol. The number of nitrogens with one attached hydrogen (secondary N) is 2. The first-order valence-electron chi connectivity index (χ1n) is 8.94. The minimum Gasteiger partial charge on any atom is -0.506 e. The van der Waals surface area contributed by atoms with E-state index >= 15 is 0 Å². The van der Waals surface area contributed by atoms with Gasteiger partial charge in [0.05, 0.1) is 15.5 Å². The predicted octanol–water partition coefficient (Wildman–Crippen LogP) is 4.73. The molecule has 7 nitrogen and oxygen atoms in total. The van der Waals surface area contributed by atoms with Gasteiger partial charge in [-0.2, -0.15) is 5.10 Å². The van der Waals surface area contributed by atoms with Crippen LogP contribution in [0.15, 0.2) is 75.9 Å². The molecule has 0 fully saturated rings. The van der Waals surface area contributed by atoms with E-state index in [0.717, 1.165) is 43.0 Å². The molecule has 3 N–H and O–H groups in total. The van der Waals surface area contributed by atoms with Gasteiger partial charge in [0, 0.05) is 23.3 Å². The second kappa shape index (κ2) is 7.82. The highest BCUT2D eigenvalue weighted by molar-refractivity contribution is 7.99. The predicted molar refractivity (Wildman–Crippen MR) is 113 cm³/mol. The normalized spacial score (nSPS) is 12.2. The highest BCUT2D eigenvalue weighted by atomic mass is 32.2. The number of aromatic nitrogens is 3. The van der Waals surface area contributed by atoms with E-state index in [0.29, 0.717) is 20.8 Å². The number of phenols is 1. The number of nitrogens with zero attached hydrogens (tertiary/aromatic N) is 2. The lowest BCUT2D eigenvalue weighted by atomic mass is 10.1. The van der Waals surface area contributed by atoms with Gasteiger partial charge in [0.1, 0.15) is 12.1 Å². The van der Waals surface area contributed by atoms with Crippen molar-refractivity contribution in [3.8, 4) is 5.75 Å². The van der Waals surface area contributed by atoms with Crippen LogP contribution in [0.4, 0.5) is 14.5 Å². The molecule has 0 saturated heterocycles. The number of hydrogen-bond donors (Lipinski definition) is 3. The van der Waals surface area contributed by atoms with Crippen LogP contribution < -0.4 is 4.72 Å². The molecule has 0 aliphatic rings. The zero-order valence-corrected chi connectivity index (χ0v) is 17.6. The average Bonchev–Trinajstić information content (AvgIpc) is 3.24. The van der Waals surface area contributed by atoms with Crippen molar-refractivity contribution in [3.63, 3.8) is 0 Å². The zero-order valence-electron chi connectivity index (χ0n) is 16.0. The second-order valence-electron chi connectivity index (χ2n) is 6.73. The number of halogens is 2. The zero-order chi connectivity index (χ0) is 22.2. The summed E-state index contributed by atoms with van der Waals surface area (Å²) in [4.78, 5) is 4.19. The summed E-state index contributed by atoms with van der Waals surface area (Å²) in [6, 6.07) is 12.6. The van der Waals surface area contributed by atoms with Crippen LogP contribution in [0.25, 0.3) is 10.8 Å². The van der Waals surface area contributed by atoms with Gasteiger partial charge < -0.3 is 5.11 Å². The van der Waals surface area contributed by atoms with Crippen LogP contribution in [0, 0.1) is 0 Å². The molecular weight excluding hydrogens is 446 g/mol. The number of benzene rings is 3. The molecule has 4 rings (SSSR count). The maximum atomic E-state index is 13.4. The van der Waals surface area contributed by atoms with Gasteiger partial charge in [0.25, 0.3) is 15.9 Å². The molecule has 0 aliphatic carbocycles. The fourth-order valence-electron chi connectivity index (χ4n) is 2.97. The maximum Gasteiger partial charge on any atom is 0.270 e. The van der Waals surface area contributed by atoms with Crippen LogP contribution >= 0.6 is 11.8 Å². The molecule has 0 spiro atoms. The minimum atomic E-state index is -4.08. The first kappa shape index (κ1) is 21.1. The van der Waals surface area contributed by atoms with Crippen molar-refractivity contribution in [1.82, 2.24) is 15.2 Å². The maximum absolute atomic E-state index is 13.4. The topological polar surface area (TPSA) is 108 Å². The quantitative estimate of drug-likeness (QED) is 0.358. The van der Waals surface area contributed by atoms with Crippen LogP contribution in [-0.2, 0) is 15.9 Å². The van der Waals surface area contributed by atoms with E-state index in [-0.39, 0.29) is 21.9 Å². The molecule has 0 amide bonds. The lowest BCUT2D eigenvalue weighted by Crippen LogP contribution is -2.14. The number of sulfonamides is 1. The molecule has 1 aromatic heterocycles. The number of aromatic amines is 1. The smallest absolute Gasteiger partial charge is 0.270 e. The first-order chi connectivity index (χ1) is 14.6. The van der Waals surface area contributed by atoms with E-state index in [9.17, 15) is 22.3 Å². The van der Waals surface area contributed by atoms with E-state index < -0.39 is 15.9 Å². The van der Waals surface area contributed by atoms with E-state index in [4.69, 9.17) is 0 Å². The Hall–Kier alpha value is -3.18. The molecule has 0 saturated carbocycles. The summed E-state index contributed by atoms with van der Waals surface area (Å²) >= 11 is 1.08. The van der Waals surface area contributed by atoms with Gasteiger partial charge in [-0.15, -0.1) is 0 Å². The summed E-state index contributed by atoms with van der Waals surface area (Å²) in [6.45, 7) is 0.741. The Morgan fingerprint density at radius 1 is 1.10 bits per heavy atom. The molecule has 3 aromatic carbocycles. The Kier molecular flexibility index (Phi) is 5.31. The van der Waals surface area contributed by atoms with Crippen LogP contribution in [0.5, 0.6) is 5.75 Å². The summed E-state index contributed by atoms with van der Waals surface area (Å²) in [5.41, 5.74) is -0.0624. The van der Waals surface area contributed by atoms with Crippen LogP contribution in [-0.4, -0.2) is 28.7 Å². The number of H-pyrrole nitrogens is 1. The third-order valence-corrected chi connectivity index (χ3v) is 6.80. The van der Waals surface area contributed by atoms with Crippen molar-refractivity contribution in [2.75, 3.05) is 4.72 Å². The van der Waals surface area contributed by atoms with Gasteiger partial charge in [0.2, 0.25) is 0 Å². The highest BCUT2D eigenvalue weighted by Crippen LogP contribution is 2.42. The van der Waals surface area contributed by atoms with Gasteiger partial charge in [-0.3, -0.25) is 9.82 Å². The molecular formula is C20H16F2N4O3S2. The van der Waals surface area contributed by atoms with Crippen LogP contribution in [0.1, 0.15) is 12.5 Å². The molecule has 160 valence electrons. The number of alkyl halides is 2. The summed E-state index contributed by atoms with van der Waals surface area (Å²) in [5.74, 6) is -3.11. The number of phenolic OH excluding ortho intramolecular Hbond substituents is 1. The van der Waals surface area contributed by atoms with Crippen molar-refractivity contribution in [2.24, 2.45) is 0 Å². The number of rotatable bonds is 6. The third-order valence-electron chi connectivity index (χ3n) is 4.50. The standard InChI is InChI=1S/C20H16F2N4O3S2/c1-20(21,22)12-6-8-13(9-7-12)31(28,29)26-16-10-17(30-19-23-11-24-25-19)18(27)15-5-3-2-4-14(15)16/h2-11,26-27H,1H3,(H,23,24,25). The SMILES string of the molecule is CC(F)(F)c1ccc(S(=O)(=O)Nc2cc(Sc3ncn[nH]3)c(O)c3ccccc23)cc1. The molecule has 1 heterocycles. The van der Waals surface area contributed by atoms with Gasteiger partial charge in [0.15, 0.2) is 5.16 Å². The molecule has 0 bridgehead atoms. The van der Waals surface area contributed by atoms with E-state index in [1.54, 1.807) is 24.3 Å². The lowest BCUT2D eigenvalue weighted by molar-refractivity contribution is 0.0174. The van der Waals surface area contributed by atoms with Crippen LogP contribution in [0.3, 0.4) is 0 Å². The monoisotopic (exact) mass is 462 g/mol. The second-order valence-corrected chi connectivity index (χ2v) is 9.44. The van der Waals surface area contributed by atoms with Crippen molar-refractivity contribution in [3.05, 3.63) is 66.5 Å². The third kappa shape index (κ3) is 4.32. The Bertz CT molecular complexity index is 1340. The molecule has 0 atom stereocenters. The fourth-order valence-corrected chi connectivity index (χ4v) is 4.84. The number of hydrogen-bond acceptors (Lipinski definition) is 6. The van der Waals surface area contributed by atoms with Gasteiger partial charge >= 0.3 is 0 Å². The van der Waals surface area contributed by atoms with E-state index in [2.05, 4.69) is 19.9 Å². The van der Waals surface area contributed by atoms with Crippen molar-refractivity contribution >= 4 is 38.2 Å². The largest absolute Gasteiger partial charge is 0.506 e. The number of aromatic hydroxyl groups is 1. The fraction of sp³-hybridized carbons (Fsp3) is 0.100. The summed E-state index contributed by atoms with van der Waals surface area (Å²) < 4.78 is 55.2. The Labute approximate surface area is 180 Å². The summed E-state index contributed by atoms with van der Waals surface area (Å²) in [7, 11) is -4.08. The Morgan fingerprint density at radius 3 is 2.39 bits per heavy atom. The van der Waals surface area contributed by atoms with Crippen LogP contribution in [0.2, 0.25) is 0 Å². The molecule has 0 radical (unpaired) electrons. The summed E-state index contributed by atoms with van der Waals surface area (Å²) in [6.07, 6.45) is 1.31. The van der Waals surface area contributed by atoms with Gasteiger partial charge in [-0.1, -0.05) is 36.4 Å². The summed E-state index contributed by atoms with van der Waals surface area (Å²) in [5, 5.41) is 18.4. The molecule has 0 unspecified atom stereocenters. The number of fused-ring (bicyclic) bond motifs is 1. The van der Waals surface area contributed by atoms with Gasteiger partial charge in [-0.25, -0.2) is 22.2 Å². The Morgan fingerprint density at radius 2 is 1.77 bits per heavy atom. The van der Waals surface area contributed by atoms with E-state index in [1.807, 2.05) is 0 Å². The van der Waals surface area contributed by atoms with Crippen molar-refractivity contribution in [1.29, 1.82) is 0 Å². The molecule has 11 heteroatoms. The van der Waals surface area contributed by atoms with E-state index in [1.165, 1.54) is 12.4 Å². The minimum absolute atomic E-state index is 0.0329. The first-order valence-corrected chi connectivity index (χ1v) is 11.2. The Balaban J connectivity index is 1.75. The van der Waals surface area contributed by atoms with Crippen molar-refractivity contribution in [2.45, 2.75) is 27.8 Å². The molecule has 4 aromatic rings. The lowest BCUT2D eigenvalue weighted by Gasteiger charge is -2.15. The number of anilines is 1. The van der Waals surface area contributed by atoms with Gasteiger partial charge in [-0.05, 0) is 30.0 Å². The van der Waals surface area contributed by atoms with Crippen molar-refractivity contribution < 1.29 is 22.3 Å². The molecule has 0 aliphatic heterocycles. The molecule has 31 heavy (non-hydrogen) atoms.